The van der Waals surface area contributed by atoms with E-state index in [1.807, 2.05) is 0 Å². The molecule has 0 fully saturated rings. The van der Waals surface area contributed by atoms with E-state index in [4.69, 9.17) is 0 Å². The molecule has 1 aromatic rings. The van der Waals surface area contributed by atoms with Crippen LogP contribution in [0.25, 0.3) is 0 Å². The number of carbonyl (C=O) groups is 2. The first-order valence-electron chi connectivity index (χ1n) is 3.14. The minimum absolute atomic E-state index is 0. The third kappa shape index (κ3) is 0.813. The van der Waals surface area contributed by atoms with Gasteiger partial charge in [-0.2, -0.15) is 0 Å². The summed E-state index contributed by atoms with van der Waals surface area (Å²) >= 11 is 0. The minimum atomic E-state index is -0.419. The van der Waals surface area contributed by atoms with Gasteiger partial charge >= 0.3 is 0 Å². The monoisotopic (exact) mass is 153 g/mol. The zero-order valence-corrected chi connectivity index (χ0v) is 5.55. The Bertz CT molecular complexity index is 333. The molecular formula is C6H7N3O2. The summed E-state index contributed by atoms with van der Waals surface area (Å²) in [6, 6.07) is 0. The Hall–Kier alpha value is -1.65. The van der Waals surface area contributed by atoms with Crippen LogP contribution in [0.5, 0.6) is 0 Å². The van der Waals surface area contributed by atoms with Crippen molar-refractivity contribution in [3.05, 3.63) is 17.7 Å². The summed E-state index contributed by atoms with van der Waals surface area (Å²) in [5, 5.41) is 2.16. The maximum absolute atomic E-state index is 10.9. The molecule has 0 atom stereocenters. The van der Waals surface area contributed by atoms with Gasteiger partial charge in [0.05, 0.1) is 18.4 Å². The number of H-pyrrole nitrogens is 1. The molecule has 2 heterocycles. The van der Waals surface area contributed by atoms with E-state index in [0.29, 0.717) is 11.4 Å². The lowest BCUT2D eigenvalue weighted by molar-refractivity contribution is -0.119. The molecule has 2 rings (SSSR count). The fourth-order valence-corrected chi connectivity index (χ4v) is 1.04. The van der Waals surface area contributed by atoms with Gasteiger partial charge in [0.25, 0.3) is 5.91 Å². The van der Waals surface area contributed by atoms with E-state index in [1.165, 1.54) is 6.33 Å². The highest BCUT2D eigenvalue weighted by molar-refractivity contribution is 6.08. The second kappa shape index (κ2) is 1.91. The lowest BCUT2D eigenvalue weighted by Crippen LogP contribution is -2.37. The second-order valence-electron chi connectivity index (χ2n) is 2.28. The highest BCUT2D eigenvalue weighted by Crippen LogP contribution is 2.07. The third-order valence-electron chi connectivity index (χ3n) is 1.52. The zero-order valence-electron chi connectivity index (χ0n) is 5.55. The van der Waals surface area contributed by atoms with Crippen LogP contribution in [0.1, 0.15) is 17.6 Å². The number of fused-ring (bicyclic) bond motifs is 1. The summed E-state index contributed by atoms with van der Waals surface area (Å²) in [4.78, 5) is 28.2. The van der Waals surface area contributed by atoms with Gasteiger partial charge in [-0.15, -0.1) is 0 Å². The predicted molar refractivity (Wildman–Crippen MR) is 36.9 cm³/mol. The number of aromatic nitrogens is 2. The number of imide groups is 1. The van der Waals surface area contributed by atoms with Crippen molar-refractivity contribution in [2.75, 3.05) is 0 Å². The Morgan fingerprint density at radius 2 is 2.36 bits per heavy atom. The molecule has 0 unspecified atom stereocenters. The average molecular weight is 153 g/mol. The van der Waals surface area contributed by atoms with E-state index in [0.717, 1.165) is 0 Å². The molecule has 0 aromatic carbocycles. The lowest BCUT2D eigenvalue weighted by Gasteiger charge is -2.08. The van der Waals surface area contributed by atoms with Crippen LogP contribution in [0.3, 0.4) is 0 Å². The summed E-state index contributed by atoms with van der Waals surface area (Å²) in [5.41, 5.74) is 0.920. The van der Waals surface area contributed by atoms with Crippen LogP contribution in [-0.4, -0.2) is 21.8 Å². The van der Waals surface area contributed by atoms with E-state index in [1.54, 1.807) is 0 Å². The Balaban J connectivity index is 0.000000720. The number of imidazole rings is 1. The fourth-order valence-electron chi connectivity index (χ4n) is 1.04. The van der Waals surface area contributed by atoms with Crippen molar-refractivity contribution in [3.8, 4) is 0 Å². The number of rotatable bonds is 0. The Morgan fingerprint density at radius 1 is 1.55 bits per heavy atom. The number of aromatic amines is 1. The van der Waals surface area contributed by atoms with Gasteiger partial charge in [0.1, 0.15) is 5.69 Å². The number of hydrogen-bond donors (Lipinski definition) is 2. The SMILES string of the molecule is O=C1Cc2[nH]cnc2C(=O)N1.[HH]. The lowest BCUT2D eigenvalue weighted by atomic mass is 10.2. The molecule has 5 nitrogen and oxygen atoms in total. The van der Waals surface area contributed by atoms with Gasteiger partial charge in [0.2, 0.25) is 5.91 Å². The van der Waals surface area contributed by atoms with Gasteiger partial charge < -0.3 is 4.98 Å². The first-order valence-corrected chi connectivity index (χ1v) is 3.14. The van der Waals surface area contributed by atoms with Crippen molar-refractivity contribution in [2.24, 2.45) is 0 Å². The highest BCUT2D eigenvalue weighted by Gasteiger charge is 2.23. The number of nitrogens with zero attached hydrogens (tertiary/aromatic N) is 1. The maximum Gasteiger partial charge on any atom is 0.278 e. The molecule has 2 N–H and O–H groups in total. The van der Waals surface area contributed by atoms with Crippen molar-refractivity contribution in [1.82, 2.24) is 15.3 Å². The largest absolute Gasteiger partial charge is 0.347 e. The molecule has 0 spiro atoms. The summed E-state index contributed by atoms with van der Waals surface area (Å²) in [6.45, 7) is 0. The van der Waals surface area contributed by atoms with Crippen LogP contribution >= 0.6 is 0 Å². The Labute approximate surface area is 63.3 Å². The van der Waals surface area contributed by atoms with Crippen LogP contribution in [0.4, 0.5) is 0 Å². The molecule has 0 aliphatic carbocycles. The van der Waals surface area contributed by atoms with Gasteiger partial charge in [0, 0.05) is 1.43 Å². The first-order chi connectivity index (χ1) is 5.27. The maximum atomic E-state index is 10.9. The summed E-state index contributed by atoms with van der Waals surface area (Å²) in [7, 11) is 0. The molecule has 1 aromatic heterocycles. The average Bonchev–Trinajstić information content (AvgIpc) is 2.34. The number of hydrogen-bond acceptors (Lipinski definition) is 3. The quantitative estimate of drug-likeness (QED) is 0.492. The van der Waals surface area contributed by atoms with E-state index >= 15 is 0 Å². The van der Waals surface area contributed by atoms with Gasteiger partial charge in [-0.05, 0) is 0 Å². The molecule has 11 heavy (non-hydrogen) atoms. The number of nitrogens with one attached hydrogen (secondary N) is 2. The third-order valence-corrected chi connectivity index (χ3v) is 1.52. The second-order valence-corrected chi connectivity index (χ2v) is 2.28. The molecule has 0 saturated carbocycles. The van der Waals surface area contributed by atoms with Gasteiger partial charge in [-0.1, -0.05) is 0 Å². The van der Waals surface area contributed by atoms with Crippen LogP contribution in [-0.2, 0) is 11.2 Å². The van der Waals surface area contributed by atoms with E-state index < -0.39 is 5.91 Å². The normalized spacial score (nSPS) is 16.0. The zero-order chi connectivity index (χ0) is 7.84. The topological polar surface area (TPSA) is 74.8 Å². The summed E-state index contributed by atoms with van der Waals surface area (Å²) in [6.07, 6.45) is 1.61. The van der Waals surface area contributed by atoms with E-state index in [-0.39, 0.29) is 13.8 Å². The summed E-state index contributed by atoms with van der Waals surface area (Å²) < 4.78 is 0. The molecule has 1 aliphatic heterocycles. The number of carbonyl (C=O) groups excluding carboxylic acids is 2. The van der Waals surface area contributed by atoms with Crippen molar-refractivity contribution in [1.29, 1.82) is 0 Å². The number of amides is 2. The molecular weight excluding hydrogens is 146 g/mol. The van der Waals surface area contributed by atoms with Gasteiger partial charge in [-0.25, -0.2) is 4.98 Å². The molecule has 0 bridgehead atoms. The minimum Gasteiger partial charge on any atom is -0.347 e. The molecule has 2 amide bonds. The van der Waals surface area contributed by atoms with E-state index in [2.05, 4.69) is 15.3 Å². The molecule has 5 heteroatoms. The van der Waals surface area contributed by atoms with Crippen molar-refractivity contribution >= 4 is 11.8 Å². The van der Waals surface area contributed by atoms with Crippen LogP contribution in [0.15, 0.2) is 6.33 Å². The Kier molecular flexibility index (Phi) is 1.06. The molecule has 1 aliphatic rings. The van der Waals surface area contributed by atoms with Crippen molar-refractivity contribution in [2.45, 2.75) is 6.42 Å². The standard InChI is InChI=1S/C6H5N3O2.H2/c10-4-1-3-5(6(11)9-4)8-2-7-3;/h2H,1H2,(H,7,8)(H,9,10,11);1H. The molecule has 0 saturated heterocycles. The Morgan fingerprint density at radius 3 is 3.18 bits per heavy atom. The van der Waals surface area contributed by atoms with Gasteiger partial charge in [0.15, 0.2) is 0 Å². The van der Waals surface area contributed by atoms with Crippen molar-refractivity contribution < 1.29 is 11.0 Å². The fraction of sp³-hybridized carbons (Fsp3) is 0.167. The van der Waals surface area contributed by atoms with Gasteiger partial charge in [-0.3, -0.25) is 14.9 Å². The van der Waals surface area contributed by atoms with Crippen LogP contribution in [0, 0.1) is 0 Å². The highest BCUT2D eigenvalue weighted by atomic mass is 16.2. The predicted octanol–water partition coefficient (Wildman–Crippen LogP) is -0.532. The smallest absolute Gasteiger partial charge is 0.278 e. The van der Waals surface area contributed by atoms with Crippen LogP contribution < -0.4 is 5.32 Å². The first kappa shape index (κ1) is 6.09. The molecule has 58 valence electrons. The summed E-state index contributed by atoms with van der Waals surface area (Å²) in [5.74, 6) is -0.704. The van der Waals surface area contributed by atoms with E-state index in [9.17, 15) is 9.59 Å². The van der Waals surface area contributed by atoms with Crippen LogP contribution in [0.2, 0.25) is 0 Å². The van der Waals surface area contributed by atoms with Crippen molar-refractivity contribution in [3.63, 3.8) is 0 Å². The molecule has 0 radical (unpaired) electrons.